The highest BCUT2D eigenvalue weighted by molar-refractivity contribution is 5.03. The Morgan fingerprint density at radius 1 is 1.40 bits per heavy atom. The first-order chi connectivity index (χ1) is 7.24. The van der Waals surface area contributed by atoms with Gasteiger partial charge < -0.3 is 9.88 Å². The van der Waals surface area contributed by atoms with Crippen molar-refractivity contribution in [3.63, 3.8) is 0 Å². The van der Waals surface area contributed by atoms with Gasteiger partial charge in [-0.2, -0.15) is 0 Å². The molecule has 0 saturated heterocycles. The molecule has 3 nitrogen and oxygen atoms in total. The molecular weight excluding hydrogens is 186 g/mol. The molecule has 1 aromatic rings. The van der Waals surface area contributed by atoms with E-state index in [0.717, 1.165) is 19.5 Å². The van der Waals surface area contributed by atoms with E-state index >= 15 is 0 Å². The molecule has 1 N–H and O–H groups in total. The van der Waals surface area contributed by atoms with Gasteiger partial charge in [-0.15, -0.1) is 0 Å². The first kappa shape index (κ1) is 12.2. The number of nitrogens with one attached hydrogen (secondary N) is 1. The van der Waals surface area contributed by atoms with Crippen molar-refractivity contribution in [2.75, 3.05) is 6.54 Å². The van der Waals surface area contributed by atoms with Crippen molar-refractivity contribution in [1.82, 2.24) is 14.9 Å². The smallest absolute Gasteiger partial charge is 0.113 e. The molecule has 0 aromatic carbocycles. The second-order valence-corrected chi connectivity index (χ2v) is 3.93. The molecule has 0 fully saturated rings. The van der Waals surface area contributed by atoms with Crippen LogP contribution in [0, 0.1) is 0 Å². The molecule has 0 radical (unpaired) electrons. The molecule has 3 heteroatoms. The van der Waals surface area contributed by atoms with E-state index in [1.807, 2.05) is 6.20 Å². The Balaban J connectivity index is 2.77. The predicted octanol–water partition coefficient (Wildman–Crippen LogP) is 2.39. The predicted molar refractivity (Wildman–Crippen MR) is 64.1 cm³/mol. The van der Waals surface area contributed by atoms with Crippen LogP contribution in [0.15, 0.2) is 12.4 Å². The van der Waals surface area contributed by atoms with Crippen LogP contribution >= 0.6 is 0 Å². The van der Waals surface area contributed by atoms with E-state index in [1.54, 1.807) is 0 Å². The van der Waals surface area contributed by atoms with Crippen LogP contribution in [0.4, 0.5) is 0 Å². The largest absolute Gasteiger partial charge is 0.335 e. The van der Waals surface area contributed by atoms with Crippen LogP contribution in [-0.2, 0) is 6.54 Å². The van der Waals surface area contributed by atoms with E-state index in [4.69, 9.17) is 0 Å². The SMILES string of the molecule is CCNC(CC)C(C)c1nccn1CC. The fourth-order valence-corrected chi connectivity index (χ4v) is 2.10. The van der Waals surface area contributed by atoms with Crippen LogP contribution in [0.25, 0.3) is 0 Å². The topological polar surface area (TPSA) is 29.9 Å². The highest BCUT2D eigenvalue weighted by Gasteiger charge is 2.19. The third-order valence-electron chi connectivity index (χ3n) is 3.01. The van der Waals surface area contributed by atoms with Crippen molar-refractivity contribution in [2.45, 2.75) is 52.6 Å². The molecule has 0 saturated carbocycles. The van der Waals surface area contributed by atoms with E-state index in [0.29, 0.717) is 12.0 Å². The third-order valence-corrected chi connectivity index (χ3v) is 3.01. The molecule has 86 valence electrons. The molecule has 2 atom stereocenters. The van der Waals surface area contributed by atoms with Gasteiger partial charge >= 0.3 is 0 Å². The van der Waals surface area contributed by atoms with Crippen molar-refractivity contribution in [3.8, 4) is 0 Å². The molecule has 0 aliphatic heterocycles. The second-order valence-electron chi connectivity index (χ2n) is 3.93. The molecule has 0 spiro atoms. The van der Waals surface area contributed by atoms with E-state index in [9.17, 15) is 0 Å². The molecule has 0 aliphatic rings. The zero-order valence-electron chi connectivity index (χ0n) is 10.3. The summed E-state index contributed by atoms with van der Waals surface area (Å²) in [7, 11) is 0. The first-order valence-corrected chi connectivity index (χ1v) is 5.98. The molecule has 0 bridgehead atoms. The number of nitrogens with zero attached hydrogens (tertiary/aromatic N) is 2. The minimum absolute atomic E-state index is 0.477. The highest BCUT2D eigenvalue weighted by Crippen LogP contribution is 2.19. The monoisotopic (exact) mass is 209 g/mol. The summed E-state index contributed by atoms with van der Waals surface area (Å²) in [5.74, 6) is 1.68. The lowest BCUT2D eigenvalue weighted by atomic mass is 9.98. The van der Waals surface area contributed by atoms with Crippen LogP contribution < -0.4 is 5.32 Å². The number of rotatable bonds is 6. The summed E-state index contributed by atoms with van der Waals surface area (Å²) in [6.45, 7) is 10.8. The Labute approximate surface area is 92.9 Å². The summed E-state index contributed by atoms with van der Waals surface area (Å²) in [6.07, 6.45) is 5.10. The maximum atomic E-state index is 4.46. The van der Waals surface area contributed by atoms with Crippen molar-refractivity contribution in [2.24, 2.45) is 0 Å². The zero-order chi connectivity index (χ0) is 11.3. The Morgan fingerprint density at radius 2 is 2.13 bits per heavy atom. The third kappa shape index (κ3) is 2.81. The van der Waals surface area contributed by atoms with Crippen molar-refractivity contribution in [1.29, 1.82) is 0 Å². The average Bonchev–Trinajstić information content (AvgIpc) is 2.72. The molecule has 0 aliphatic carbocycles. The first-order valence-electron chi connectivity index (χ1n) is 5.98. The fraction of sp³-hybridized carbons (Fsp3) is 0.750. The van der Waals surface area contributed by atoms with Gasteiger partial charge in [0.05, 0.1) is 0 Å². The summed E-state index contributed by atoms with van der Waals surface area (Å²) in [6, 6.07) is 0.530. The fourth-order valence-electron chi connectivity index (χ4n) is 2.10. The van der Waals surface area contributed by atoms with E-state index < -0.39 is 0 Å². The number of imidazole rings is 1. The quantitative estimate of drug-likeness (QED) is 0.779. The second kappa shape index (κ2) is 5.91. The molecule has 1 heterocycles. The normalized spacial score (nSPS) is 15.2. The van der Waals surface area contributed by atoms with E-state index in [-0.39, 0.29) is 0 Å². The maximum Gasteiger partial charge on any atom is 0.113 e. The molecule has 15 heavy (non-hydrogen) atoms. The summed E-state index contributed by atoms with van der Waals surface area (Å²) < 4.78 is 2.23. The standard InChI is InChI=1S/C12H23N3/c1-5-11(13-6-2)10(4)12-14-8-9-15(12)7-3/h8-11,13H,5-7H2,1-4H3. The van der Waals surface area contributed by atoms with Gasteiger partial charge in [0, 0.05) is 30.9 Å². The Kier molecular flexibility index (Phi) is 4.82. The van der Waals surface area contributed by atoms with Gasteiger partial charge in [0.25, 0.3) is 0 Å². The molecule has 1 aromatic heterocycles. The van der Waals surface area contributed by atoms with Gasteiger partial charge in [0.1, 0.15) is 5.82 Å². The van der Waals surface area contributed by atoms with Gasteiger partial charge in [-0.3, -0.25) is 0 Å². The van der Waals surface area contributed by atoms with Gasteiger partial charge in [-0.05, 0) is 19.9 Å². The molecular formula is C12H23N3. The maximum absolute atomic E-state index is 4.46. The van der Waals surface area contributed by atoms with Crippen molar-refractivity contribution in [3.05, 3.63) is 18.2 Å². The minimum Gasteiger partial charge on any atom is -0.335 e. The number of likely N-dealkylation sites (N-methyl/N-ethyl adjacent to an activating group) is 1. The lowest BCUT2D eigenvalue weighted by Gasteiger charge is -2.23. The average molecular weight is 209 g/mol. The van der Waals surface area contributed by atoms with E-state index in [1.165, 1.54) is 5.82 Å². The Hall–Kier alpha value is -0.830. The van der Waals surface area contributed by atoms with E-state index in [2.05, 4.69) is 48.8 Å². The number of aryl methyl sites for hydroxylation is 1. The van der Waals surface area contributed by atoms with Gasteiger partial charge in [0.15, 0.2) is 0 Å². The molecule has 0 amide bonds. The van der Waals surface area contributed by atoms with Gasteiger partial charge in [0.2, 0.25) is 0 Å². The van der Waals surface area contributed by atoms with Crippen molar-refractivity contribution < 1.29 is 0 Å². The highest BCUT2D eigenvalue weighted by atomic mass is 15.1. The molecule has 1 rings (SSSR count). The van der Waals surface area contributed by atoms with Crippen LogP contribution in [0.1, 0.15) is 45.9 Å². The molecule has 2 unspecified atom stereocenters. The van der Waals surface area contributed by atoms with Gasteiger partial charge in [-0.1, -0.05) is 20.8 Å². The van der Waals surface area contributed by atoms with Crippen LogP contribution in [0.2, 0.25) is 0 Å². The summed E-state index contributed by atoms with van der Waals surface area (Å²) in [5, 5.41) is 3.52. The number of hydrogen-bond acceptors (Lipinski definition) is 2. The van der Waals surface area contributed by atoms with Crippen molar-refractivity contribution >= 4 is 0 Å². The van der Waals surface area contributed by atoms with Crippen LogP contribution in [0.3, 0.4) is 0 Å². The summed E-state index contributed by atoms with van der Waals surface area (Å²) >= 11 is 0. The zero-order valence-corrected chi connectivity index (χ0v) is 10.3. The lowest BCUT2D eigenvalue weighted by molar-refractivity contribution is 0.425. The number of aromatic nitrogens is 2. The minimum atomic E-state index is 0.477. The Bertz CT molecular complexity index is 280. The summed E-state index contributed by atoms with van der Waals surface area (Å²) in [4.78, 5) is 4.46. The van der Waals surface area contributed by atoms with Crippen LogP contribution in [0.5, 0.6) is 0 Å². The Morgan fingerprint density at radius 3 is 2.67 bits per heavy atom. The lowest BCUT2D eigenvalue weighted by Crippen LogP contribution is -2.34. The summed E-state index contributed by atoms with van der Waals surface area (Å²) in [5.41, 5.74) is 0. The van der Waals surface area contributed by atoms with Gasteiger partial charge in [-0.25, -0.2) is 4.98 Å². The number of hydrogen-bond donors (Lipinski definition) is 1. The van der Waals surface area contributed by atoms with Crippen LogP contribution in [-0.4, -0.2) is 22.1 Å².